The van der Waals surface area contributed by atoms with Crippen molar-refractivity contribution in [2.24, 2.45) is 0 Å². The highest BCUT2D eigenvalue weighted by molar-refractivity contribution is 5.99. The van der Waals surface area contributed by atoms with Gasteiger partial charge in [-0.1, -0.05) is 18.2 Å². The van der Waals surface area contributed by atoms with Crippen molar-refractivity contribution in [2.75, 3.05) is 30.2 Å². The Kier molecular flexibility index (Phi) is 6.65. The molecule has 0 bridgehead atoms. The Morgan fingerprint density at radius 3 is 1.94 bits per heavy atom. The van der Waals surface area contributed by atoms with Crippen LogP contribution >= 0.6 is 0 Å². The number of para-hydroxylation sites is 1. The third kappa shape index (κ3) is 5.76. The fourth-order valence-electron chi connectivity index (χ4n) is 3.18. The van der Waals surface area contributed by atoms with E-state index in [1.165, 1.54) is 0 Å². The molecular formula is C25H23N5O3. The number of amides is 2. The van der Waals surface area contributed by atoms with Gasteiger partial charge >= 0.3 is 6.03 Å². The van der Waals surface area contributed by atoms with E-state index in [1.807, 2.05) is 48.5 Å². The average Bonchev–Trinajstić information content (AvgIpc) is 2.84. The Hall–Kier alpha value is -4.59. The molecule has 2 aromatic carbocycles. The fraction of sp³-hybridized carbons (Fsp3) is 0.0800. The smallest absolute Gasteiger partial charge is 0.324 e. The van der Waals surface area contributed by atoms with Crippen molar-refractivity contribution in [1.29, 1.82) is 0 Å². The number of nitrogens with zero attached hydrogens (tertiary/aromatic N) is 2. The summed E-state index contributed by atoms with van der Waals surface area (Å²) in [5, 5.41) is 8.80. The molecule has 33 heavy (non-hydrogen) atoms. The minimum Gasteiger partial charge on any atom is -0.497 e. The topological polar surface area (TPSA) is 97.4 Å². The van der Waals surface area contributed by atoms with Crippen molar-refractivity contribution in [3.63, 3.8) is 0 Å². The standard InChI is InChI=1S/C25H23N5O3/c1-32-21-14-20(15-22(16-21)33-2)29-25(31)30-24-13-18(9-11-27-24)17-8-10-26-23(12-17)28-19-6-4-3-5-7-19/h3-16H,1-2H3,(H,26,28)(H2,27,29,30,31). The number of pyridine rings is 2. The largest absolute Gasteiger partial charge is 0.497 e. The summed E-state index contributed by atoms with van der Waals surface area (Å²) in [6.07, 6.45) is 3.38. The van der Waals surface area contributed by atoms with Crippen LogP contribution in [0, 0.1) is 0 Å². The second-order valence-electron chi connectivity index (χ2n) is 7.03. The van der Waals surface area contributed by atoms with E-state index >= 15 is 0 Å². The van der Waals surface area contributed by atoms with Crippen molar-refractivity contribution >= 4 is 29.0 Å². The monoisotopic (exact) mass is 441 g/mol. The van der Waals surface area contributed by atoms with Crippen molar-refractivity contribution in [1.82, 2.24) is 9.97 Å². The summed E-state index contributed by atoms with van der Waals surface area (Å²) in [6.45, 7) is 0. The molecule has 0 atom stereocenters. The van der Waals surface area contributed by atoms with Crippen LogP contribution in [0.1, 0.15) is 0 Å². The van der Waals surface area contributed by atoms with Crippen LogP contribution in [0.2, 0.25) is 0 Å². The SMILES string of the molecule is COc1cc(NC(=O)Nc2cc(-c3ccnc(Nc4ccccc4)c3)ccn2)cc(OC)c1. The second kappa shape index (κ2) is 10.1. The van der Waals surface area contributed by atoms with Crippen LogP contribution < -0.4 is 25.4 Å². The molecule has 4 rings (SSSR count). The highest BCUT2D eigenvalue weighted by Gasteiger charge is 2.09. The maximum atomic E-state index is 12.5. The molecule has 2 aromatic heterocycles. The van der Waals surface area contributed by atoms with Crippen LogP contribution in [0.25, 0.3) is 11.1 Å². The van der Waals surface area contributed by atoms with E-state index in [4.69, 9.17) is 9.47 Å². The highest BCUT2D eigenvalue weighted by Crippen LogP contribution is 2.27. The summed E-state index contributed by atoms with van der Waals surface area (Å²) in [7, 11) is 3.10. The number of carbonyl (C=O) groups excluding carboxylic acids is 1. The van der Waals surface area contributed by atoms with Crippen molar-refractivity contribution in [3.05, 3.63) is 85.2 Å². The molecule has 0 saturated carbocycles. The minimum absolute atomic E-state index is 0.411. The van der Waals surface area contributed by atoms with Crippen LogP contribution in [0.3, 0.4) is 0 Å². The first-order valence-electron chi connectivity index (χ1n) is 10.2. The molecule has 0 aliphatic rings. The van der Waals surface area contributed by atoms with Gasteiger partial charge in [-0.3, -0.25) is 5.32 Å². The van der Waals surface area contributed by atoms with E-state index in [0.29, 0.717) is 23.0 Å². The molecule has 8 heteroatoms. The van der Waals surface area contributed by atoms with E-state index in [1.54, 1.807) is 50.9 Å². The number of aromatic nitrogens is 2. The molecule has 0 saturated heterocycles. The van der Waals surface area contributed by atoms with Gasteiger partial charge in [-0.2, -0.15) is 0 Å². The van der Waals surface area contributed by atoms with Gasteiger partial charge in [-0.25, -0.2) is 14.8 Å². The lowest BCUT2D eigenvalue weighted by Gasteiger charge is -2.11. The average molecular weight is 441 g/mol. The molecule has 8 nitrogen and oxygen atoms in total. The summed E-state index contributed by atoms with van der Waals surface area (Å²) < 4.78 is 10.5. The fourth-order valence-corrected chi connectivity index (χ4v) is 3.18. The lowest BCUT2D eigenvalue weighted by atomic mass is 10.1. The zero-order valence-corrected chi connectivity index (χ0v) is 18.2. The van der Waals surface area contributed by atoms with Crippen molar-refractivity contribution in [2.45, 2.75) is 0 Å². The van der Waals surface area contributed by atoms with E-state index < -0.39 is 6.03 Å². The number of hydrogen-bond donors (Lipinski definition) is 3. The molecule has 2 amide bonds. The summed E-state index contributed by atoms with van der Waals surface area (Å²) in [5.74, 6) is 2.27. The van der Waals surface area contributed by atoms with Gasteiger partial charge in [0.25, 0.3) is 0 Å². The summed E-state index contributed by atoms with van der Waals surface area (Å²) in [6, 6.07) is 22.0. The Morgan fingerprint density at radius 1 is 0.697 bits per heavy atom. The minimum atomic E-state index is -0.434. The maximum Gasteiger partial charge on any atom is 0.324 e. The second-order valence-corrected chi connectivity index (χ2v) is 7.03. The molecule has 0 unspecified atom stereocenters. The van der Waals surface area contributed by atoms with E-state index in [9.17, 15) is 4.79 Å². The third-order valence-electron chi connectivity index (χ3n) is 4.75. The Morgan fingerprint density at radius 2 is 1.30 bits per heavy atom. The molecule has 0 spiro atoms. The van der Waals surface area contributed by atoms with Gasteiger partial charge < -0.3 is 20.1 Å². The number of urea groups is 1. The third-order valence-corrected chi connectivity index (χ3v) is 4.75. The Bertz CT molecular complexity index is 1230. The molecule has 0 radical (unpaired) electrons. The molecule has 2 heterocycles. The van der Waals surface area contributed by atoms with Gasteiger partial charge in [0.15, 0.2) is 0 Å². The van der Waals surface area contributed by atoms with Crippen LogP contribution in [-0.2, 0) is 0 Å². The molecule has 3 N–H and O–H groups in total. The van der Waals surface area contributed by atoms with Crippen LogP contribution in [0.5, 0.6) is 11.5 Å². The van der Waals surface area contributed by atoms with Gasteiger partial charge in [0.2, 0.25) is 0 Å². The molecule has 4 aromatic rings. The van der Waals surface area contributed by atoms with E-state index in [0.717, 1.165) is 22.6 Å². The van der Waals surface area contributed by atoms with E-state index in [2.05, 4.69) is 25.9 Å². The lowest BCUT2D eigenvalue weighted by Crippen LogP contribution is -2.20. The Labute approximate surface area is 191 Å². The van der Waals surface area contributed by atoms with Crippen LogP contribution in [0.4, 0.5) is 27.8 Å². The molecule has 166 valence electrons. The van der Waals surface area contributed by atoms with Gasteiger partial charge in [0.1, 0.15) is 23.1 Å². The summed E-state index contributed by atoms with van der Waals surface area (Å²) in [5.41, 5.74) is 3.31. The predicted octanol–water partition coefficient (Wildman–Crippen LogP) is 5.55. The van der Waals surface area contributed by atoms with Gasteiger partial charge in [0.05, 0.1) is 14.2 Å². The van der Waals surface area contributed by atoms with Gasteiger partial charge in [0, 0.05) is 42.0 Å². The first-order chi connectivity index (χ1) is 16.1. The highest BCUT2D eigenvalue weighted by atomic mass is 16.5. The van der Waals surface area contributed by atoms with Crippen LogP contribution in [-0.4, -0.2) is 30.2 Å². The van der Waals surface area contributed by atoms with Gasteiger partial charge in [-0.15, -0.1) is 0 Å². The molecular weight excluding hydrogens is 418 g/mol. The number of benzene rings is 2. The quantitative estimate of drug-likeness (QED) is 0.348. The Balaban J connectivity index is 1.47. The first kappa shape index (κ1) is 21.6. The van der Waals surface area contributed by atoms with Crippen molar-refractivity contribution in [3.8, 4) is 22.6 Å². The summed E-state index contributed by atoms with van der Waals surface area (Å²) >= 11 is 0. The lowest BCUT2D eigenvalue weighted by molar-refractivity contribution is 0.262. The van der Waals surface area contributed by atoms with E-state index in [-0.39, 0.29) is 0 Å². The number of anilines is 4. The number of methoxy groups -OCH3 is 2. The number of hydrogen-bond acceptors (Lipinski definition) is 6. The number of ether oxygens (including phenoxy) is 2. The zero-order chi connectivity index (χ0) is 23.0. The van der Waals surface area contributed by atoms with Crippen molar-refractivity contribution < 1.29 is 14.3 Å². The first-order valence-corrected chi connectivity index (χ1v) is 10.2. The number of carbonyl (C=O) groups is 1. The van der Waals surface area contributed by atoms with Gasteiger partial charge in [-0.05, 0) is 47.5 Å². The molecule has 0 aliphatic carbocycles. The normalized spacial score (nSPS) is 10.2. The maximum absolute atomic E-state index is 12.5. The summed E-state index contributed by atoms with van der Waals surface area (Å²) in [4.78, 5) is 21.2. The zero-order valence-electron chi connectivity index (χ0n) is 18.2. The predicted molar refractivity (Wildman–Crippen MR) is 129 cm³/mol. The van der Waals surface area contributed by atoms with Crippen LogP contribution in [0.15, 0.2) is 85.2 Å². The molecule has 0 aliphatic heterocycles. The molecule has 0 fully saturated rings. The number of rotatable bonds is 7. The number of nitrogens with one attached hydrogen (secondary N) is 3.